The van der Waals surface area contributed by atoms with Crippen molar-refractivity contribution in [3.05, 3.63) is 65.7 Å². The van der Waals surface area contributed by atoms with Crippen LogP contribution >= 0.6 is 0 Å². The van der Waals surface area contributed by atoms with Crippen LogP contribution in [0, 0.1) is 0 Å². The minimum Gasteiger partial charge on any atom is -0.489 e. The van der Waals surface area contributed by atoms with Gasteiger partial charge in [-0.2, -0.15) is 0 Å². The average Bonchev–Trinajstić information content (AvgIpc) is 2.58. The topological polar surface area (TPSA) is 70.6 Å². The Bertz CT molecular complexity index is 587. The zero-order valence-electron chi connectivity index (χ0n) is 12.3. The number of ether oxygens (including phenoxy) is 1. The van der Waals surface area contributed by atoms with Gasteiger partial charge in [-0.3, -0.25) is 0 Å². The molecule has 0 aliphatic carbocycles. The molecule has 0 spiro atoms. The SMILES string of the molecule is O=C(NCCO)NCc1ccccc1OCc1ccccc1. The second kappa shape index (κ2) is 8.69. The summed E-state index contributed by atoms with van der Waals surface area (Å²) in [5.41, 5.74) is 1.99. The van der Waals surface area contributed by atoms with Crippen LogP contribution in [0.1, 0.15) is 11.1 Å². The molecule has 0 aliphatic heterocycles. The molecular weight excluding hydrogens is 280 g/mol. The van der Waals surface area contributed by atoms with E-state index in [1.165, 1.54) is 0 Å². The van der Waals surface area contributed by atoms with Crippen molar-refractivity contribution < 1.29 is 14.6 Å². The highest BCUT2D eigenvalue weighted by Crippen LogP contribution is 2.19. The third kappa shape index (κ3) is 5.10. The number of nitrogens with one attached hydrogen (secondary N) is 2. The molecule has 3 N–H and O–H groups in total. The minimum absolute atomic E-state index is 0.0792. The molecular formula is C17H20N2O3. The number of para-hydroxylation sites is 1. The number of benzene rings is 2. The fraction of sp³-hybridized carbons (Fsp3) is 0.235. The van der Waals surface area contributed by atoms with Crippen LogP contribution in [-0.2, 0) is 13.2 Å². The van der Waals surface area contributed by atoms with Crippen LogP contribution < -0.4 is 15.4 Å². The van der Waals surface area contributed by atoms with Crippen molar-refractivity contribution in [2.24, 2.45) is 0 Å². The van der Waals surface area contributed by atoms with E-state index in [0.717, 1.165) is 16.9 Å². The summed E-state index contributed by atoms with van der Waals surface area (Å²) >= 11 is 0. The van der Waals surface area contributed by atoms with Crippen LogP contribution in [0.5, 0.6) is 5.75 Å². The molecule has 0 aliphatic rings. The number of hydrogen-bond acceptors (Lipinski definition) is 3. The van der Waals surface area contributed by atoms with Crippen molar-refractivity contribution in [3.63, 3.8) is 0 Å². The van der Waals surface area contributed by atoms with Gasteiger partial charge in [-0.25, -0.2) is 4.79 Å². The van der Waals surface area contributed by atoms with E-state index in [1.54, 1.807) is 0 Å². The molecule has 0 saturated carbocycles. The molecule has 0 bridgehead atoms. The maximum atomic E-state index is 11.5. The lowest BCUT2D eigenvalue weighted by atomic mass is 10.2. The first-order chi connectivity index (χ1) is 10.8. The number of carbonyl (C=O) groups excluding carboxylic acids is 1. The molecule has 0 radical (unpaired) electrons. The van der Waals surface area contributed by atoms with E-state index in [0.29, 0.717) is 13.2 Å². The largest absolute Gasteiger partial charge is 0.489 e. The van der Waals surface area contributed by atoms with Gasteiger partial charge in [0, 0.05) is 18.7 Å². The number of rotatable bonds is 7. The normalized spacial score (nSPS) is 10.0. The average molecular weight is 300 g/mol. The number of amides is 2. The Morgan fingerprint density at radius 2 is 1.73 bits per heavy atom. The maximum absolute atomic E-state index is 11.5. The van der Waals surface area contributed by atoms with Gasteiger partial charge in [0.15, 0.2) is 0 Å². The standard InChI is InChI=1S/C17H20N2O3/c20-11-10-18-17(21)19-12-15-8-4-5-9-16(15)22-13-14-6-2-1-3-7-14/h1-9,20H,10-13H2,(H2,18,19,21). The van der Waals surface area contributed by atoms with Gasteiger partial charge in [0.2, 0.25) is 0 Å². The predicted octanol–water partition coefficient (Wildman–Crippen LogP) is 2.06. The van der Waals surface area contributed by atoms with E-state index in [1.807, 2.05) is 54.6 Å². The zero-order chi connectivity index (χ0) is 15.6. The van der Waals surface area contributed by atoms with Gasteiger partial charge >= 0.3 is 6.03 Å². The van der Waals surface area contributed by atoms with Crippen LogP contribution in [0.2, 0.25) is 0 Å². The molecule has 0 unspecified atom stereocenters. The molecule has 0 aromatic heterocycles. The zero-order valence-corrected chi connectivity index (χ0v) is 12.3. The minimum atomic E-state index is -0.313. The Labute approximate surface area is 129 Å². The van der Waals surface area contributed by atoms with E-state index in [2.05, 4.69) is 10.6 Å². The Morgan fingerprint density at radius 1 is 1.00 bits per heavy atom. The monoisotopic (exact) mass is 300 g/mol. The van der Waals surface area contributed by atoms with E-state index in [4.69, 9.17) is 9.84 Å². The molecule has 0 saturated heterocycles. The molecule has 0 atom stereocenters. The highest BCUT2D eigenvalue weighted by Gasteiger charge is 2.05. The summed E-state index contributed by atoms with van der Waals surface area (Å²) in [6, 6.07) is 17.2. The van der Waals surface area contributed by atoms with Gasteiger partial charge in [-0.05, 0) is 11.6 Å². The molecule has 5 nitrogen and oxygen atoms in total. The molecule has 5 heteroatoms. The van der Waals surface area contributed by atoms with Crippen LogP contribution in [-0.4, -0.2) is 24.3 Å². The van der Waals surface area contributed by atoms with E-state index in [-0.39, 0.29) is 19.2 Å². The first-order valence-electron chi connectivity index (χ1n) is 7.17. The Kier molecular flexibility index (Phi) is 6.26. The highest BCUT2D eigenvalue weighted by atomic mass is 16.5. The smallest absolute Gasteiger partial charge is 0.315 e. The van der Waals surface area contributed by atoms with Crippen molar-refractivity contribution in [2.45, 2.75) is 13.2 Å². The van der Waals surface area contributed by atoms with Gasteiger partial charge in [0.1, 0.15) is 12.4 Å². The van der Waals surface area contributed by atoms with Crippen molar-refractivity contribution in [1.82, 2.24) is 10.6 Å². The molecule has 0 heterocycles. The molecule has 2 rings (SSSR count). The fourth-order valence-electron chi connectivity index (χ4n) is 1.93. The van der Waals surface area contributed by atoms with Crippen molar-refractivity contribution in [2.75, 3.05) is 13.2 Å². The summed E-state index contributed by atoms with van der Waals surface area (Å²) < 4.78 is 5.82. The van der Waals surface area contributed by atoms with Gasteiger partial charge in [0.05, 0.1) is 6.61 Å². The van der Waals surface area contributed by atoms with Gasteiger partial charge in [-0.1, -0.05) is 48.5 Å². The van der Waals surface area contributed by atoms with E-state index < -0.39 is 0 Å². The lowest BCUT2D eigenvalue weighted by Crippen LogP contribution is -2.36. The van der Waals surface area contributed by atoms with E-state index >= 15 is 0 Å². The van der Waals surface area contributed by atoms with Crippen molar-refractivity contribution in [3.8, 4) is 5.75 Å². The van der Waals surface area contributed by atoms with E-state index in [9.17, 15) is 4.79 Å². The number of aliphatic hydroxyl groups excluding tert-OH is 1. The summed E-state index contributed by atoms with van der Waals surface area (Å²) in [5, 5.41) is 13.9. The summed E-state index contributed by atoms with van der Waals surface area (Å²) in [4.78, 5) is 11.5. The second-order valence-electron chi connectivity index (χ2n) is 4.72. The first-order valence-corrected chi connectivity index (χ1v) is 7.17. The summed E-state index contributed by atoms with van der Waals surface area (Å²) in [6.07, 6.45) is 0. The number of carbonyl (C=O) groups is 1. The Hall–Kier alpha value is -2.53. The number of hydrogen-bond donors (Lipinski definition) is 3. The molecule has 2 aromatic rings. The van der Waals surface area contributed by atoms with Crippen LogP contribution in [0.25, 0.3) is 0 Å². The highest BCUT2D eigenvalue weighted by molar-refractivity contribution is 5.73. The Morgan fingerprint density at radius 3 is 2.50 bits per heavy atom. The lowest BCUT2D eigenvalue weighted by Gasteiger charge is -2.12. The van der Waals surface area contributed by atoms with Crippen LogP contribution in [0.3, 0.4) is 0 Å². The molecule has 22 heavy (non-hydrogen) atoms. The molecule has 2 aromatic carbocycles. The van der Waals surface area contributed by atoms with Crippen molar-refractivity contribution >= 4 is 6.03 Å². The maximum Gasteiger partial charge on any atom is 0.315 e. The number of urea groups is 1. The van der Waals surface area contributed by atoms with Gasteiger partial charge in [-0.15, -0.1) is 0 Å². The summed E-state index contributed by atoms with van der Waals surface area (Å²) in [6.45, 7) is 0.999. The van der Waals surface area contributed by atoms with Crippen LogP contribution in [0.15, 0.2) is 54.6 Å². The van der Waals surface area contributed by atoms with Gasteiger partial charge < -0.3 is 20.5 Å². The predicted molar refractivity (Wildman–Crippen MR) is 84.5 cm³/mol. The summed E-state index contributed by atoms with van der Waals surface area (Å²) in [7, 11) is 0. The molecule has 0 fully saturated rings. The molecule has 116 valence electrons. The third-order valence-electron chi connectivity index (χ3n) is 3.05. The summed E-state index contributed by atoms with van der Waals surface area (Å²) in [5.74, 6) is 0.744. The lowest BCUT2D eigenvalue weighted by molar-refractivity contribution is 0.233. The fourth-order valence-corrected chi connectivity index (χ4v) is 1.93. The first kappa shape index (κ1) is 15.9. The van der Waals surface area contributed by atoms with Crippen LogP contribution in [0.4, 0.5) is 4.79 Å². The number of aliphatic hydroxyl groups is 1. The van der Waals surface area contributed by atoms with Crippen molar-refractivity contribution in [1.29, 1.82) is 0 Å². The second-order valence-corrected chi connectivity index (χ2v) is 4.72. The Balaban J connectivity index is 1.90. The van der Waals surface area contributed by atoms with Gasteiger partial charge in [0.25, 0.3) is 0 Å². The molecule has 2 amide bonds. The quantitative estimate of drug-likeness (QED) is 0.733. The third-order valence-corrected chi connectivity index (χ3v) is 3.05.